The maximum atomic E-state index is 10.3. The molecule has 3 nitrogen and oxygen atoms in total. The fourth-order valence-electron chi connectivity index (χ4n) is 1.57. The molecule has 1 heterocycles. The number of aryl methyl sites for hydroxylation is 1. The van der Waals surface area contributed by atoms with Crippen LogP contribution in [0.15, 0.2) is 11.4 Å². The first kappa shape index (κ1) is 13.2. The molecule has 0 spiro atoms. The lowest BCUT2D eigenvalue weighted by atomic mass is 10.2. The van der Waals surface area contributed by atoms with Crippen LogP contribution in [0, 0.1) is 0 Å². The first-order valence-corrected chi connectivity index (χ1v) is 6.59. The predicted octanol–water partition coefficient (Wildman–Crippen LogP) is 2.66. The molecule has 1 rings (SSSR count). The number of carboxylic acids is 1. The van der Waals surface area contributed by atoms with E-state index in [-0.39, 0.29) is 6.42 Å². The summed E-state index contributed by atoms with van der Waals surface area (Å²) >= 11 is 1.79. The number of hydrogen-bond donors (Lipinski definition) is 2. The second-order valence-electron chi connectivity index (χ2n) is 3.75. The Balaban J connectivity index is 2.09. The number of unbranched alkanes of at least 4 members (excludes halogenated alkanes) is 1. The summed E-state index contributed by atoms with van der Waals surface area (Å²) in [5, 5.41) is 13.9. The summed E-state index contributed by atoms with van der Waals surface area (Å²) in [5.74, 6) is -0.702. The van der Waals surface area contributed by atoms with E-state index >= 15 is 0 Å². The van der Waals surface area contributed by atoms with E-state index in [2.05, 4.69) is 23.7 Å². The van der Waals surface area contributed by atoms with E-state index < -0.39 is 5.97 Å². The van der Waals surface area contributed by atoms with Crippen LogP contribution < -0.4 is 5.32 Å². The number of carbonyl (C=O) groups is 1. The van der Waals surface area contributed by atoms with Crippen molar-refractivity contribution in [2.24, 2.45) is 0 Å². The molecule has 0 saturated heterocycles. The standard InChI is InChI=1S/C12H19NO2S/c1-2-10-6-8-16-11(10)9-13-7-4-3-5-12(14)15/h6,8,13H,2-5,7,9H2,1H3,(H,14,15). The summed E-state index contributed by atoms with van der Waals surface area (Å²) in [6.45, 7) is 3.97. The van der Waals surface area contributed by atoms with Gasteiger partial charge in [0.1, 0.15) is 0 Å². The van der Waals surface area contributed by atoms with E-state index in [4.69, 9.17) is 5.11 Å². The molecule has 2 N–H and O–H groups in total. The van der Waals surface area contributed by atoms with Crippen molar-refractivity contribution in [1.29, 1.82) is 0 Å². The molecule has 16 heavy (non-hydrogen) atoms. The van der Waals surface area contributed by atoms with Crippen LogP contribution in [0.2, 0.25) is 0 Å². The lowest BCUT2D eigenvalue weighted by Crippen LogP contribution is -2.15. The number of thiophene rings is 1. The molecule has 1 aromatic rings. The summed E-state index contributed by atoms with van der Waals surface area (Å²) < 4.78 is 0. The Hall–Kier alpha value is -0.870. The quantitative estimate of drug-likeness (QED) is 0.688. The number of hydrogen-bond acceptors (Lipinski definition) is 3. The normalized spacial score (nSPS) is 10.6. The Morgan fingerprint density at radius 2 is 2.31 bits per heavy atom. The highest BCUT2D eigenvalue weighted by Gasteiger charge is 2.01. The van der Waals surface area contributed by atoms with Crippen LogP contribution in [0.1, 0.15) is 36.6 Å². The van der Waals surface area contributed by atoms with Gasteiger partial charge in [-0.25, -0.2) is 0 Å². The van der Waals surface area contributed by atoms with Gasteiger partial charge < -0.3 is 10.4 Å². The fourth-order valence-corrected chi connectivity index (χ4v) is 2.51. The van der Waals surface area contributed by atoms with Crippen LogP contribution in [0.4, 0.5) is 0 Å². The fraction of sp³-hybridized carbons (Fsp3) is 0.583. The van der Waals surface area contributed by atoms with Gasteiger partial charge in [0.25, 0.3) is 0 Å². The van der Waals surface area contributed by atoms with Crippen LogP contribution in [0.25, 0.3) is 0 Å². The van der Waals surface area contributed by atoms with E-state index in [0.29, 0.717) is 0 Å². The minimum Gasteiger partial charge on any atom is -0.481 e. The van der Waals surface area contributed by atoms with Crippen molar-refractivity contribution in [2.75, 3.05) is 6.54 Å². The smallest absolute Gasteiger partial charge is 0.303 e. The SMILES string of the molecule is CCc1ccsc1CNCCCCC(=O)O. The third-order valence-corrected chi connectivity index (χ3v) is 3.46. The Kier molecular flexibility index (Phi) is 6.11. The van der Waals surface area contributed by atoms with Crippen LogP contribution in [-0.2, 0) is 17.8 Å². The van der Waals surface area contributed by atoms with Gasteiger partial charge in [0, 0.05) is 17.8 Å². The molecular formula is C12H19NO2S. The lowest BCUT2D eigenvalue weighted by molar-refractivity contribution is -0.137. The maximum absolute atomic E-state index is 10.3. The number of nitrogens with one attached hydrogen (secondary N) is 1. The number of aliphatic carboxylic acids is 1. The second-order valence-corrected chi connectivity index (χ2v) is 4.75. The Labute approximate surface area is 100 Å². The van der Waals surface area contributed by atoms with Gasteiger partial charge in [0.15, 0.2) is 0 Å². The predicted molar refractivity (Wildman–Crippen MR) is 66.9 cm³/mol. The van der Waals surface area contributed by atoms with Crippen LogP contribution in [-0.4, -0.2) is 17.6 Å². The minimum absolute atomic E-state index is 0.279. The first-order chi connectivity index (χ1) is 7.74. The zero-order valence-corrected chi connectivity index (χ0v) is 10.5. The van der Waals surface area contributed by atoms with Gasteiger partial charge in [0.2, 0.25) is 0 Å². The van der Waals surface area contributed by atoms with Gasteiger partial charge in [-0.15, -0.1) is 11.3 Å². The molecule has 0 aliphatic heterocycles. The number of carboxylic acid groups (broad SMARTS) is 1. The molecule has 0 saturated carbocycles. The molecule has 0 aliphatic carbocycles. The van der Waals surface area contributed by atoms with Crippen molar-refractivity contribution in [1.82, 2.24) is 5.32 Å². The van der Waals surface area contributed by atoms with Gasteiger partial charge in [-0.05, 0) is 42.8 Å². The first-order valence-electron chi connectivity index (χ1n) is 5.71. The molecule has 0 amide bonds. The van der Waals surface area contributed by atoms with Gasteiger partial charge in [-0.3, -0.25) is 4.79 Å². The molecular weight excluding hydrogens is 222 g/mol. The molecule has 4 heteroatoms. The summed E-state index contributed by atoms with van der Waals surface area (Å²) in [7, 11) is 0. The van der Waals surface area contributed by atoms with Crippen molar-refractivity contribution >= 4 is 17.3 Å². The van der Waals surface area contributed by atoms with Crippen molar-refractivity contribution in [2.45, 2.75) is 39.2 Å². The van der Waals surface area contributed by atoms with E-state index in [1.165, 1.54) is 10.4 Å². The molecule has 0 atom stereocenters. The van der Waals surface area contributed by atoms with Crippen LogP contribution >= 0.6 is 11.3 Å². The molecule has 0 unspecified atom stereocenters. The zero-order valence-electron chi connectivity index (χ0n) is 9.66. The largest absolute Gasteiger partial charge is 0.481 e. The third-order valence-electron chi connectivity index (χ3n) is 2.50. The van der Waals surface area contributed by atoms with Crippen molar-refractivity contribution < 1.29 is 9.90 Å². The van der Waals surface area contributed by atoms with E-state index in [0.717, 1.165) is 32.4 Å². The van der Waals surface area contributed by atoms with Crippen molar-refractivity contribution in [3.05, 3.63) is 21.9 Å². The highest BCUT2D eigenvalue weighted by molar-refractivity contribution is 7.10. The highest BCUT2D eigenvalue weighted by Crippen LogP contribution is 2.16. The molecule has 1 aromatic heterocycles. The Bertz CT molecular complexity index is 323. The van der Waals surface area contributed by atoms with Crippen LogP contribution in [0.3, 0.4) is 0 Å². The van der Waals surface area contributed by atoms with Gasteiger partial charge in [-0.2, -0.15) is 0 Å². The van der Waals surface area contributed by atoms with Crippen LogP contribution in [0.5, 0.6) is 0 Å². The molecule has 0 bridgehead atoms. The highest BCUT2D eigenvalue weighted by atomic mass is 32.1. The molecule has 0 radical (unpaired) electrons. The zero-order chi connectivity index (χ0) is 11.8. The number of rotatable bonds is 8. The third kappa shape index (κ3) is 4.77. The van der Waals surface area contributed by atoms with E-state index in [1.54, 1.807) is 11.3 Å². The lowest BCUT2D eigenvalue weighted by Gasteiger charge is -2.04. The molecule has 90 valence electrons. The van der Waals surface area contributed by atoms with Gasteiger partial charge in [0.05, 0.1) is 0 Å². The summed E-state index contributed by atoms with van der Waals surface area (Å²) in [6.07, 6.45) is 3.05. The second kappa shape index (κ2) is 7.41. The average Bonchev–Trinajstić information content (AvgIpc) is 2.70. The minimum atomic E-state index is -0.702. The summed E-state index contributed by atoms with van der Waals surface area (Å²) in [4.78, 5) is 11.7. The average molecular weight is 241 g/mol. The van der Waals surface area contributed by atoms with Crippen molar-refractivity contribution in [3.8, 4) is 0 Å². The summed E-state index contributed by atoms with van der Waals surface area (Å²) in [6, 6.07) is 2.17. The van der Waals surface area contributed by atoms with Crippen molar-refractivity contribution in [3.63, 3.8) is 0 Å². The topological polar surface area (TPSA) is 49.3 Å². The van der Waals surface area contributed by atoms with Gasteiger partial charge in [-0.1, -0.05) is 6.92 Å². The molecule has 0 aromatic carbocycles. The summed E-state index contributed by atoms with van der Waals surface area (Å²) in [5.41, 5.74) is 1.42. The monoisotopic (exact) mass is 241 g/mol. The molecule has 0 aliphatic rings. The van der Waals surface area contributed by atoms with E-state index in [9.17, 15) is 4.79 Å². The Morgan fingerprint density at radius 1 is 1.50 bits per heavy atom. The Morgan fingerprint density at radius 3 is 3.00 bits per heavy atom. The van der Waals surface area contributed by atoms with E-state index in [1.807, 2.05) is 0 Å². The molecule has 0 fully saturated rings. The van der Waals surface area contributed by atoms with Gasteiger partial charge >= 0.3 is 5.97 Å². The maximum Gasteiger partial charge on any atom is 0.303 e.